The van der Waals surface area contributed by atoms with Crippen LogP contribution in [-0.4, -0.2) is 12.0 Å². The zero-order chi connectivity index (χ0) is 9.71. The number of halogens is 6. The smallest absolute Gasteiger partial charge is 0.126 e. The fraction of sp³-hybridized carbons (Fsp3) is 1.00. The molecule has 0 unspecified atom stereocenters. The van der Waals surface area contributed by atoms with Crippen molar-refractivity contribution in [2.75, 3.05) is 0 Å². The van der Waals surface area contributed by atoms with Gasteiger partial charge in [-0.05, 0) is 12.6 Å². The topological polar surface area (TPSA) is 0 Å². The Kier molecular flexibility index (Phi) is 9.38. The van der Waals surface area contributed by atoms with Crippen LogP contribution >= 0.6 is 66.5 Å². The lowest BCUT2D eigenvalue weighted by Gasteiger charge is -1.98. The maximum absolute atomic E-state index is 5.39. The van der Waals surface area contributed by atoms with Gasteiger partial charge in [0.15, 0.2) is 0 Å². The average Bonchev–Trinajstić information content (AvgIpc) is 1.59. The standard InChI is InChI=1S/C2H5Cl3Si.CH3Cl3Si/c1-2-6(3,4)5;1-5(2,3)4/h2H2,1H3;1H3. The number of hydrogen-bond donors (Lipinski definition) is 0. The summed E-state index contributed by atoms with van der Waals surface area (Å²) in [6.07, 6.45) is 0. The summed E-state index contributed by atoms with van der Waals surface area (Å²) in [5, 5.41) is 0. The zero-order valence-corrected chi connectivity index (χ0v) is 12.5. The van der Waals surface area contributed by atoms with Gasteiger partial charge in [0.1, 0.15) is 0 Å². The molecule has 0 spiro atoms. The molecule has 0 heterocycles. The van der Waals surface area contributed by atoms with Crippen LogP contribution in [0.3, 0.4) is 0 Å². The van der Waals surface area contributed by atoms with E-state index in [9.17, 15) is 0 Å². The second kappa shape index (κ2) is 6.60. The summed E-state index contributed by atoms with van der Waals surface area (Å²) in [6, 6.07) is -3.70. The van der Waals surface area contributed by atoms with E-state index in [-0.39, 0.29) is 0 Å². The van der Waals surface area contributed by atoms with Crippen molar-refractivity contribution in [3.8, 4) is 0 Å². The van der Waals surface area contributed by atoms with Gasteiger partial charge in [0.25, 0.3) is 0 Å². The Bertz CT molecular complexity index is 87.0. The predicted octanol–water partition coefficient (Wildman–Crippen LogP) is 4.93. The van der Waals surface area contributed by atoms with Crippen molar-refractivity contribution in [1.29, 1.82) is 0 Å². The van der Waals surface area contributed by atoms with Gasteiger partial charge in [-0.1, -0.05) is 6.92 Å². The van der Waals surface area contributed by atoms with Gasteiger partial charge in [-0.3, -0.25) is 0 Å². The Labute approximate surface area is 97.3 Å². The Balaban J connectivity index is 0. The fourth-order valence-electron chi connectivity index (χ4n) is 0. The van der Waals surface area contributed by atoms with Gasteiger partial charge in [0, 0.05) is 0 Å². The molecule has 0 rings (SSSR count). The minimum Gasteiger partial charge on any atom is -0.126 e. The molecule has 0 aliphatic carbocycles. The highest BCUT2D eigenvalue weighted by atomic mass is 35.8. The first kappa shape index (κ1) is 15.6. The van der Waals surface area contributed by atoms with E-state index in [0.717, 1.165) is 0 Å². The molecule has 0 aliphatic rings. The lowest BCUT2D eigenvalue weighted by molar-refractivity contribution is 1.46. The van der Waals surface area contributed by atoms with Crippen molar-refractivity contribution in [2.45, 2.75) is 19.5 Å². The van der Waals surface area contributed by atoms with E-state index >= 15 is 0 Å². The van der Waals surface area contributed by atoms with E-state index in [1.165, 1.54) is 0 Å². The molecule has 0 aromatic rings. The third-order valence-electron chi connectivity index (χ3n) is 0.401. The maximum atomic E-state index is 5.39. The van der Waals surface area contributed by atoms with Gasteiger partial charge in [-0.2, -0.15) is 0 Å². The fourth-order valence-corrected chi connectivity index (χ4v) is 0. The molecule has 11 heavy (non-hydrogen) atoms. The van der Waals surface area contributed by atoms with E-state index in [2.05, 4.69) is 0 Å². The highest BCUT2D eigenvalue weighted by molar-refractivity contribution is 7.65. The van der Waals surface area contributed by atoms with Crippen LogP contribution in [0, 0.1) is 0 Å². The lowest BCUT2D eigenvalue weighted by atomic mass is 11.0. The van der Waals surface area contributed by atoms with Gasteiger partial charge >= 0.3 is 12.0 Å². The zero-order valence-electron chi connectivity index (χ0n) is 5.97. The van der Waals surface area contributed by atoms with E-state index in [1.54, 1.807) is 6.55 Å². The molecule has 0 aliphatic heterocycles. The van der Waals surface area contributed by atoms with Crippen LogP contribution in [0.25, 0.3) is 0 Å². The molecular weight excluding hydrogens is 305 g/mol. The van der Waals surface area contributed by atoms with E-state index in [4.69, 9.17) is 66.5 Å². The molecule has 0 bridgehead atoms. The number of hydrogen-bond acceptors (Lipinski definition) is 0. The summed E-state index contributed by atoms with van der Waals surface area (Å²) in [4.78, 5) is 0. The normalized spacial score (nSPS) is 12.0. The van der Waals surface area contributed by atoms with Gasteiger partial charge in [-0.15, -0.1) is 66.5 Å². The SMILES string of the molecule is CC[Si](Cl)(Cl)Cl.C[Si](Cl)(Cl)Cl. The summed E-state index contributed by atoms with van der Waals surface area (Å²) >= 11 is 31.8. The third kappa shape index (κ3) is 47.1. The summed E-state index contributed by atoms with van der Waals surface area (Å²) in [7, 11) is 0. The molecule has 0 amide bonds. The summed E-state index contributed by atoms with van der Waals surface area (Å²) in [6.45, 7) is 3.50. The van der Waals surface area contributed by atoms with Crippen LogP contribution in [0.4, 0.5) is 0 Å². The molecule has 0 aromatic heterocycles. The maximum Gasteiger partial charge on any atom is 0.341 e. The monoisotopic (exact) mass is 310 g/mol. The molecule has 70 valence electrons. The van der Waals surface area contributed by atoms with E-state index < -0.39 is 12.0 Å². The molecule has 0 radical (unpaired) electrons. The van der Waals surface area contributed by atoms with Crippen LogP contribution in [0.5, 0.6) is 0 Å². The molecule has 0 N–H and O–H groups in total. The Hall–Kier alpha value is 2.17. The van der Waals surface area contributed by atoms with E-state index in [0.29, 0.717) is 6.04 Å². The van der Waals surface area contributed by atoms with Crippen LogP contribution in [0.15, 0.2) is 0 Å². The highest BCUT2D eigenvalue weighted by Gasteiger charge is 2.20. The molecule has 8 heteroatoms. The first-order chi connectivity index (χ1) is 4.56. The highest BCUT2D eigenvalue weighted by Crippen LogP contribution is 2.23. The molecular formula is C3H8Cl6Si2. The second-order valence-electron chi connectivity index (χ2n) is 1.75. The summed E-state index contributed by atoms with van der Waals surface area (Å²) < 4.78 is 0. The van der Waals surface area contributed by atoms with Crippen molar-refractivity contribution >= 4 is 78.5 Å². The lowest BCUT2D eigenvalue weighted by Crippen LogP contribution is -2.04. The summed E-state index contributed by atoms with van der Waals surface area (Å²) in [5.41, 5.74) is 0. The van der Waals surface area contributed by atoms with Crippen molar-refractivity contribution < 1.29 is 0 Å². The Morgan fingerprint density at radius 3 is 1.00 bits per heavy atom. The Morgan fingerprint density at radius 1 is 0.909 bits per heavy atom. The van der Waals surface area contributed by atoms with Crippen LogP contribution in [0.2, 0.25) is 12.6 Å². The summed E-state index contributed by atoms with van der Waals surface area (Å²) in [5.74, 6) is 0. The second-order valence-corrected chi connectivity index (χ2v) is 21.3. The first-order valence-corrected chi connectivity index (χ1v) is 13.5. The predicted molar refractivity (Wildman–Crippen MR) is 63.0 cm³/mol. The Morgan fingerprint density at radius 2 is 1.00 bits per heavy atom. The van der Waals surface area contributed by atoms with Crippen molar-refractivity contribution in [1.82, 2.24) is 0 Å². The molecule has 0 saturated heterocycles. The van der Waals surface area contributed by atoms with Gasteiger partial charge in [-0.25, -0.2) is 0 Å². The first-order valence-electron chi connectivity index (χ1n) is 2.69. The minimum absolute atomic E-state index is 0.706. The van der Waals surface area contributed by atoms with Crippen LogP contribution in [-0.2, 0) is 0 Å². The molecule has 0 aromatic carbocycles. The van der Waals surface area contributed by atoms with Crippen molar-refractivity contribution in [2.24, 2.45) is 0 Å². The average molecular weight is 313 g/mol. The molecule has 0 nitrogen and oxygen atoms in total. The van der Waals surface area contributed by atoms with Crippen molar-refractivity contribution in [3.05, 3.63) is 0 Å². The number of rotatable bonds is 1. The van der Waals surface area contributed by atoms with Crippen LogP contribution in [0.1, 0.15) is 6.92 Å². The minimum atomic E-state index is -2.21. The van der Waals surface area contributed by atoms with Crippen LogP contribution < -0.4 is 0 Å². The third-order valence-corrected chi connectivity index (χ3v) is 3.61. The van der Waals surface area contributed by atoms with Gasteiger partial charge in [0.2, 0.25) is 0 Å². The molecule has 0 fully saturated rings. The largest absolute Gasteiger partial charge is 0.341 e. The van der Waals surface area contributed by atoms with Crippen molar-refractivity contribution in [3.63, 3.8) is 0 Å². The van der Waals surface area contributed by atoms with Gasteiger partial charge in [0.05, 0.1) is 0 Å². The molecule has 0 atom stereocenters. The van der Waals surface area contributed by atoms with E-state index in [1.807, 2.05) is 6.92 Å². The van der Waals surface area contributed by atoms with Gasteiger partial charge < -0.3 is 0 Å². The quantitative estimate of drug-likeness (QED) is 0.475. The molecule has 0 saturated carbocycles.